The van der Waals surface area contributed by atoms with Gasteiger partial charge in [0.1, 0.15) is 5.51 Å². The Bertz CT molecular complexity index is 1020. The number of benzene rings is 2. The maximum atomic E-state index is 12.2. The zero-order valence-electron chi connectivity index (χ0n) is 13.9. The van der Waals surface area contributed by atoms with Gasteiger partial charge >= 0.3 is 6.09 Å². The molecule has 12 heteroatoms. The van der Waals surface area contributed by atoms with Gasteiger partial charge in [-0.3, -0.25) is 25.5 Å². The van der Waals surface area contributed by atoms with Gasteiger partial charge in [-0.05, 0) is 36.4 Å². The van der Waals surface area contributed by atoms with Gasteiger partial charge in [0, 0.05) is 22.2 Å². The largest absolute Gasteiger partial charge is 0.465 e. The van der Waals surface area contributed by atoms with Crippen LogP contribution in [0.15, 0.2) is 57.8 Å². The van der Waals surface area contributed by atoms with Gasteiger partial charge in [-0.15, -0.1) is 10.2 Å². The second-order valence-corrected chi connectivity index (χ2v) is 7.14. The van der Waals surface area contributed by atoms with Gasteiger partial charge in [-0.1, -0.05) is 23.1 Å². The molecule has 10 nitrogen and oxygen atoms in total. The first-order valence-corrected chi connectivity index (χ1v) is 9.26. The summed E-state index contributed by atoms with van der Waals surface area (Å²) in [6, 6.07) is 10.5. The van der Waals surface area contributed by atoms with Gasteiger partial charge in [0.25, 0.3) is 11.6 Å². The van der Waals surface area contributed by atoms with E-state index in [1.165, 1.54) is 23.7 Å². The third-order valence-electron chi connectivity index (χ3n) is 3.33. The Morgan fingerprint density at radius 2 is 1.89 bits per heavy atom. The molecule has 28 heavy (non-hydrogen) atoms. The summed E-state index contributed by atoms with van der Waals surface area (Å²) < 4.78 is 0. The average Bonchev–Trinajstić information content (AvgIpc) is 3.16. The number of nitrogens with zero attached hydrogens (tertiary/aromatic N) is 3. The number of carboxylic acid groups (broad SMARTS) is 1. The van der Waals surface area contributed by atoms with E-state index in [0.717, 1.165) is 23.1 Å². The Hall–Kier alpha value is -3.51. The summed E-state index contributed by atoms with van der Waals surface area (Å²) in [4.78, 5) is 34.7. The molecule has 0 saturated carbocycles. The van der Waals surface area contributed by atoms with Crippen molar-refractivity contribution >= 4 is 51.6 Å². The molecule has 142 valence electrons. The maximum absolute atomic E-state index is 12.2. The summed E-state index contributed by atoms with van der Waals surface area (Å²) in [5, 5.41) is 32.5. The molecule has 0 spiro atoms. The van der Waals surface area contributed by atoms with Crippen molar-refractivity contribution in [1.82, 2.24) is 10.2 Å². The lowest BCUT2D eigenvalue weighted by Crippen LogP contribution is -2.12. The molecule has 0 aliphatic carbocycles. The topological polar surface area (TPSA) is 147 Å². The van der Waals surface area contributed by atoms with Crippen LogP contribution in [0.4, 0.5) is 21.3 Å². The molecule has 2 amide bonds. The van der Waals surface area contributed by atoms with E-state index in [0.29, 0.717) is 20.6 Å². The number of nitrogens with one attached hydrogen (secondary N) is 2. The van der Waals surface area contributed by atoms with Gasteiger partial charge in [-0.2, -0.15) is 0 Å². The standard InChI is InChI=1S/C16H11N5O5S2/c22-14(19-15-20-17-8-27-15)9-1-6-13(12(7-9)21(25)26)28-11-4-2-10(3-5-11)18-16(23)24/h1-8,18H,(H,23,24)(H,19,20,22). The van der Waals surface area contributed by atoms with Crippen molar-refractivity contribution < 1.29 is 19.6 Å². The van der Waals surface area contributed by atoms with Crippen molar-refractivity contribution in [3.63, 3.8) is 0 Å². The van der Waals surface area contributed by atoms with E-state index in [1.54, 1.807) is 24.3 Å². The number of carbonyl (C=O) groups excluding carboxylic acids is 1. The lowest BCUT2D eigenvalue weighted by atomic mass is 10.2. The van der Waals surface area contributed by atoms with Crippen LogP contribution in [0.25, 0.3) is 0 Å². The van der Waals surface area contributed by atoms with Crippen molar-refractivity contribution in [2.45, 2.75) is 9.79 Å². The third kappa shape index (κ3) is 4.81. The second-order valence-electron chi connectivity index (χ2n) is 5.19. The van der Waals surface area contributed by atoms with E-state index in [2.05, 4.69) is 20.8 Å². The van der Waals surface area contributed by atoms with Crippen LogP contribution >= 0.6 is 23.1 Å². The fraction of sp³-hybridized carbons (Fsp3) is 0. The summed E-state index contributed by atoms with van der Waals surface area (Å²) in [6.45, 7) is 0. The number of hydrogen-bond donors (Lipinski definition) is 3. The van der Waals surface area contributed by atoms with Crippen molar-refractivity contribution in [3.05, 3.63) is 63.7 Å². The highest BCUT2D eigenvalue weighted by atomic mass is 32.2. The van der Waals surface area contributed by atoms with Crippen LogP contribution in [0, 0.1) is 10.1 Å². The molecule has 3 N–H and O–H groups in total. The highest BCUT2D eigenvalue weighted by Gasteiger charge is 2.19. The van der Waals surface area contributed by atoms with Crippen LogP contribution in [0.5, 0.6) is 0 Å². The first-order valence-electron chi connectivity index (χ1n) is 7.56. The highest BCUT2D eigenvalue weighted by Crippen LogP contribution is 2.36. The zero-order chi connectivity index (χ0) is 20.1. The highest BCUT2D eigenvalue weighted by molar-refractivity contribution is 7.99. The van der Waals surface area contributed by atoms with Crippen LogP contribution < -0.4 is 10.6 Å². The van der Waals surface area contributed by atoms with E-state index >= 15 is 0 Å². The molecular weight excluding hydrogens is 406 g/mol. The van der Waals surface area contributed by atoms with Crippen LogP contribution in [0.2, 0.25) is 0 Å². The fourth-order valence-electron chi connectivity index (χ4n) is 2.14. The van der Waals surface area contributed by atoms with E-state index in [1.807, 2.05) is 0 Å². The predicted molar refractivity (Wildman–Crippen MR) is 103 cm³/mol. The minimum absolute atomic E-state index is 0.118. The van der Waals surface area contributed by atoms with Gasteiger partial charge in [0.2, 0.25) is 5.13 Å². The number of aromatic nitrogens is 2. The summed E-state index contributed by atoms with van der Waals surface area (Å²) in [7, 11) is 0. The SMILES string of the molecule is O=C(O)Nc1ccc(Sc2ccc(C(=O)Nc3nncs3)cc2[N+](=O)[O-])cc1. The number of nitro benzene ring substituents is 1. The van der Waals surface area contributed by atoms with Crippen molar-refractivity contribution in [3.8, 4) is 0 Å². The number of anilines is 2. The van der Waals surface area contributed by atoms with E-state index < -0.39 is 16.9 Å². The molecule has 3 rings (SSSR count). The molecule has 0 radical (unpaired) electrons. The Morgan fingerprint density at radius 3 is 2.50 bits per heavy atom. The Morgan fingerprint density at radius 1 is 1.14 bits per heavy atom. The first-order chi connectivity index (χ1) is 13.4. The molecule has 0 unspecified atom stereocenters. The van der Waals surface area contributed by atoms with Crippen molar-refractivity contribution in [1.29, 1.82) is 0 Å². The first kappa shape index (κ1) is 19.3. The van der Waals surface area contributed by atoms with Crippen LogP contribution in [-0.4, -0.2) is 32.2 Å². The van der Waals surface area contributed by atoms with Crippen molar-refractivity contribution in [2.24, 2.45) is 0 Å². The monoisotopic (exact) mass is 417 g/mol. The van der Waals surface area contributed by atoms with E-state index in [4.69, 9.17) is 5.11 Å². The summed E-state index contributed by atoms with van der Waals surface area (Å²) in [5.74, 6) is -0.527. The molecule has 0 atom stereocenters. The molecule has 0 aliphatic rings. The third-order valence-corrected chi connectivity index (χ3v) is 5.01. The smallest absolute Gasteiger partial charge is 0.409 e. The number of amides is 2. The summed E-state index contributed by atoms with van der Waals surface area (Å²) in [5.41, 5.74) is 1.74. The lowest BCUT2D eigenvalue weighted by Gasteiger charge is -2.07. The molecule has 0 saturated heterocycles. The minimum Gasteiger partial charge on any atom is -0.465 e. The summed E-state index contributed by atoms with van der Waals surface area (Å²) in [6.07, 6.45) is -1.18. The molecule has 2 aromatic carbocycles. The van der Waals surface area contributed by atoms with Gasteiger partial charge < -0.3 is 5.11 Å². The minimum atomic E-state index is -1.18. The zero-order valence-corrected chi connectivity index (χ0v) is 15.5. The molecular formula is C16H11N5O5S2. The summed E-state index contributed by atoms with van der Waals surface area (Å²) >= 11 is 2.26. The van der Waals surface area contributed by atoms with Crippen LogP contribution in [-0.2, 0) is 0 Å². The molecule has 0 fully saturated rings. The van der Waals surface area contributed by atoms with E-state index in [-0.39, 0.29) is 11.3 Å². The molecule has 1 aromatic heterocycles. The Kier molecular flexibility index (Phi) is 5.81. The number of rotatable bonds is 6. The normalized spacial score (nSPS) is 10.3. The number of carbonyl (C=O) groups is 2. The molecule has 1 heterocycles. The Balaban J connectivity index is 1.80. The fourth-order valence-corrected chi connectivity index (χ4v) is 3.48. The van der Waals surface area contributed by atoms with Gasteiger partial charge in [0.05, 0.1) is 9.82 Å². The quantitative estimate of drug-likeness (QED) is 0.403. The van der Waals surface area contributed by atoms with Crippen LogP contribution in [0.1, 0.15) is 10.4 Å². The van der Waals surface area contributed by atoms with Gasteiger partial charge in [-0.25, -0.2) is 4.79 Å². The number of nitro groups is 1. The molecule has 0 aliphatic heterocycles. The Labute approximate surface area is 165 Å². The average molecular weight is 417 g/mol. The second kappa shape index (κ2) is 8.45. The van der Waals surface area contributed by atoms with Crippen molar-refractivity contribution in [2.75, 3.05) is 10.6 Å². The van der Waals surface area contributed by atoms with Crippen LogP contribution in [0.3, 0.4) is 0 Å². The molecule has 3 aromatic rings. The maximum Gasteiger partial charge on any atom is 0.409 e. The van der Waals surface area contributed by atoms with Gasteiger partial charge in [0.15, 0.2) is 0 Å². The van der Waals surface area contributed by atoms with E-state index in [9.17, 15) is 19.7 Å². The predicted octanol–water partition coefficient (Wildman–Crippen LogP) is 3.94. The number of hydrogen-bond acceptors (Lipinski definition) is 8. The lowest BCUT2D eigenvalue weighted by molar-refractivity contribution is -0.387. The molecule has 0 bridgehead atoms.